The first-order valence-electron chi connectivity index (χ1n) is 11.1. The molecule has 174 valence electrons. The Morgan fingerprint density at radius 1 is 0.939 bits per heavy atom. The highest BCUT2D eigenvalue weighted by Crippen LogP contribution is 2.22. The van der Waals surface area contributed by atoms with Crippen LogP contribution < -0.4 is 20.6 Å². The van der Waals surface area contributed by atoms with Gasteiger partial charge in [0, 0.05) is 43.8 Å². The first-order valence-corrected chi connectivity index (χ1v) is 11.1. The summed E-state index contributed by atoms with van der Waals surface area (Å²) < 4.78 is 0. The Morgan fingerprint density at radius 2 is 1.67 bits per heavy atom. The maximum atomic E-state index is 13.2. The third kappa shape index (κ3) is 6.92. The van der Waals surface area contributed by atoms with Crippen LogP contribution in [0.1, 0.15) is 32.1 Å². The van der Waals surface area contributed by atoms with Gasteiger partial charge >= 0.3 is 6.03 Å². The number of amides is 3. The van der Waals surface area contributed by atoms with Crippen LogP contribution in [0.2, 0.25) is 0 Å². The van der Waals surface area contributed by atoms with Gasteiger partial charge in [-0.2, -0.15) is 0 Å². The van der Waals surface area contributed by atoms with E-state index in [9.17, 15) is 9.59 Å². The SMILES string of the molecule is CN(C)c1ccc(NC(=O)N(CCCCCCC(=O)NO)c2cnc3ccccc3c2)cc1. The summed E-state index contributed by atoms with van der Waals surface area (Å²) >= 11 is 0. The highest BCUT2D eigenvalue weighted by molar-refractivity contribution is 6.02. The number of hydrogen-bond donors (Lipinski definition) is 3. The summed E-state index contributed by atoms with van der Waals surface area (Å²) in [6.07, 6.45) is 5.18. The lowest BCUT2D eigenvalue weighted by Gasteiger charge is -2.23. The van der Waals surface area contributed by atoms with Crippen LogP contribution in [0.3, 0.4) is 0 Å². The van der Waals surface area contributed by atoms with Crippen LogP contribution in [0.15, 0.2) is 60.8 Å². The largest absolute Gasteiger partial charge is 0.378 e. The fourth-order valence-corrected chi connectivity index (χ4v) is 3.55. The topological polar surface area (TPSA) is 97.8 Å². The van der Waals surface area contributed by atoms with Crippen molar-refractivity contribution in [1.29, 1.82) is 0 Å². The van der Waals surface area contributed by atoms with E-state index >= 15 is 0 Å². The Labute approximate surface area is 194 Å². The van der Waals surface area contributed by atoms with E-state index in [0.717, 1.165) is 47.2 Å². The van der Waals surface area contributed by atoms with Gasteiger partial charge in [-0.05, 0) is 49.2 Å². The summed E-state index contributed by atoms with van der Waals surface area (Å²) in [7, 11) is 3.94. The molecule has 0 spiro atoms. The number of anilines is 3. The lowest BCUT2D eigenvalue weighted by Crippen LogP contribution is -2.36. The van der Waals surface area contributed by atoms with Crippen LogP contribution in [0.4, 0.5) is 21.9 Å². The molecule has 0 saturated carbocycles. The van der Waals surface area contributed by atoms with Crippen molar-refractivity contribution in [2.75, 3.05) is 35.8 Å². The number of aromatic nitrogens is 1. The number of hydroxylamine groups is 1. The van der Waals surface area contributed by atoms with Crippen LogP contribution in [0.25, 0.3) is 10.9 Å². The molecule has 8 nitrogen and oxygen atoms in total. The maximum absolute atomic E-state index is 13.2. The van der Waals surface area contributed by atoms with E-state index in [0.29, 0.717) is 13.0 Å². The van der Waals surface area contributed by atoms with Crippen molar-refractivity contribution in [2.45, 2.75) is 32.1 Å². The molecule has 0 fully saturated rings. The molecule has 3 rings (SSSR count). The van der Waals surface area contributed by atoms with E-state index in [1.54, 1.807) is 16.6 Å². The second-order valence-electron chi connectivity index (χ2n) is 8.11. The van der Waals surface area contributed by atoms with Gasteiger partial charge in [-0.25, -0.2) is 10.3 Å². The second kappa shape index (κ2) is 11.8. The monoisotopic (exact) mass is 449 g/mol. The van der Waals surface area contributed by atoms with Crippen molar-refractivity contribution < 1.29 is 14.8 Å². The zero-order chi connectivity index (χ0) is 23.6. The number of hydrogen-bond acceptors (Lipinski definition) is 5. The van der Waals surface area contributed by atoms with Crippen LogP contribution >= 0.6 is 0 Å². The number of unbranched alkanes of at least 4 members (excludes halogenated alkanes) is 3. The summed E-state index contributed by atoms with van der Waals surface area (Å²) in [4.78, 5) is 32.6. The lowest BCUT2D eigenvalue weighted by atomic mass is 10.1. The Hall–Kier alpha value is -3.65. The summed E-state index contributed by atoms with van der Waals surface area (Å²) in [5.74, 6) is -0.376. The molecule has 1 heterocycles. The van der Waals surface area contributed by atoms with Gasteiger partial charge in [0.15, 0.2) is 0 Å². The number of carbonyl (C=O) groups excluding carboxylic acids is 2. The number of rotatable bonds is 10. The fourth-order valence-electron chi connectivity index (χ4n) is 3.55. The number of para-hydroxylation sites is 1. The normalized spacial score (nSPS) is 10.6. The van der Waals surface area contributed by atoms with E-state index in [4.69, 9.17) is 5.21 Å². The lowest BCUT2D eigenvalue weighted by molar-refractivity contribution is -0.129. The number of fused-ring (bicyclic) bond motifs is 1. The van der Waals surface area contributed by atoms with Crippen molar-refractivity contribution in [3.63, 3.8) is 0 Å². The van der Waals surface area contributed by atoms with E-state index < -0.39 is 0 Å². The molecule has 0 aliphatic carbocycles. The molecule has 0 radical (unpaired) electrons. The van der Waals surface area contributed by atoms with Crippen molar-refractivity contribution >= 4 is 39.9 Å². The Bertz CT molecular complexity index is 1070. The van der Waals surface area contributed by atoms with Crippen molar-refractivity contribution in [3.8, 4) is 0 Å². The molecule has 1 aromatic heterocycles. The molecule has 8 heteroatoms. The standard InChI is InChI=1S/C25H31N5O3/c1-29(2)21-14-12-20(13-15-21)27-25(32)30(16-8-4-3-5-11-24(31)28-33)22-17-19-9-6-7-10-23(19)26-18-22/h6-7,9-10,12-15,17-18,33H,3-5,8,11,16H2,1-2H3,(H,27,32)(H,28,31). The average molecular weight is 450 g/mol. The predicted molar refractivity (Wildman–Crippen MR) is 132 cm³/mol. The molecule has 0 aliphatic rings. The van der Waals surface area contributed by atoms with Gasteiger partial charge in [-0.1, -0.05) is 31.0 Å². The predicted octanol–water partition coefficient (Wildman–Crippen LogP) is 4.80. The number of nitrogens with one attached hydrogen (secondary N) is 2. The maximum Gasteiger partial charge on any atom is 0.326 e. The van der Waals surface area contributed by atoms with E-state index in [1.165, 1.54) is 0 Å². The van der Waals surface area contributed by atoms with Crippen molar-refractivity contribution in [2.24, 2.45) is 0 Å². The quantitative estimate of drug-likeness (QED) is 0.235. The Balaban J connectivity index is 1.69. The van der Waals surface area contributed by atoms with Crippen molar-refractivity contribution in [1.82, 2.24) is 10.5 Å². The molecular weight excluding hydrogens is 418 g/mol. The minimum absolute atomic E-state index is 0.218. The molecule has 33 heavy (non-hydrogen) atoms. The molecular formula is C25H31N5O3. The highest BCUT2D eigenvalue weighted by atomic mass is 16.5. The smallest absolute Gasteiger partial charge is 0.326 e. The first-order chi connectivity index (χ1) is 16.0. The molecule has 3 amide bonds. The molecule has 0 atom stereocenters. The molecule has 0 saturated heterocycles. The van der Waals surface area contributed by atoms with Crippen LogP contribution in [-0.2, 0) is 4.79 Å². The summed E-state index contributed by atoms with van der Waals surface area (Å²) in [5, 5.41) is 12.5. The van der Waals surface area contributed by atoms with E-state index in [-0.39, 0.29) is 18.4 Å². The molecule has 0 bridgehead atoms. The molecule has 0 unspecified atom stereocenters. The third-order valence-electron chi connectivity index (χ3n) is 5.43. The minimum Gasteiger partial charge on any atom is -0.378 e. The van der Waals surface area contributed by atoms with Gasteiger partial charge in [0.1, 0.15) is 0 Å². The average Bonchev–Trinajstić information content (AvgIpc) is 2.83. The fraction of sp³-hybridized carbons (Fsp3) is 0.320. The molecule has 3 N–H and O–H groups in total. The van der Waals surface area contributed by atoms with Gasteiger partial charge in [0.05, 0.1) is 17.4 Å². The number of urea groups is 1. The zero-order valence-electron chi connectivity index (χ0n) is 19.1. The van der Waals surface area contributed by atoms with Gasteiger partial charge < -0.3 is 10.2 Å². The Morgan fingerprint density at radius 3 is 2.39 bits per heavy atom. The number of carbonyl (C=O) groups is 2. The first kappa shape index (κ1) is 24.0. The number of nitrogens with zero attached hydrogens (tertiary/aromatic N) is 3. The zero-order valence-corrected chi connectivity index (χ0v) is 19.1. The summed E-state index contributed by atoms with van der Waals surface area (Å²) in [6, 6.07) is 17.3. The Kier molecular flexibility index (Phi) is 8.60. The van der Waals surface area contributed by atoms with Gasteiger partial charge in [-0.15, -0.1) is 0 Å². The van der Waals surface area contributed by atoms with Crippen LogP contribution in [0, 0.1) is 0 Å². The minimum atomic E-state index is -0.376. The van der Waals surface area contributed by atoms with Crippen LogP contribution in [-0.4, -0.2) is 42.8 Å². The summed E-state index contributed by atoms with van der Waals surface area (Å²) in [6.45, 7) is 0.522. The molecule has 3 aromatic rings. The van der Waals surface area contributed by atoms with Crippen LogP contribution in [0.5, 0.6) is 0 Å². The van der Waals surface area contributed by atoms with Gasteiger partial charge in [0.25, 0.3) is 0 Å². The highest BCUT2D eigenvalue weighted by Gasteiger charge is 2.17. The van der Waals surface area contributed by atoms with E-state index in [1.807, 2.05) is 73.6 Å². The summed E-state index contributed by atoms with van der Waals surface area (Å²) in [5.41, 5.74) is 5.03. The van der Waals surface area contributed by atoms with Gasteiger partial charge in [-0.3, -0.25) is 19.9 Å². The third-order valence-corrected chi connectivity index (χ3v) is 5.43. The number of pyridine rings is 1. The van der Waals surface area contributed by atoms with Crippen molar-refractivity contribution in [3.05, 3.63) is 60.8 Å². The van der Waals surface area contributed by atoms with Gasteiger partial charge in [0.2, 0.25) is 5.91 Å². The second-order valence-corrected chi connectivity index (χ2v) is 8.11. The van der Waals surface area contributed by atoms with E-state index in [2.05, 4.69) is 10.3 Å². The number of benzene rings is 2. The molecule has 0 aliphatic heterocycles. The molecule has 2 aromatic carbocycles.